The van der Waals surface area contributed by atoms with Gasteiger partial charge in [0.25, 0.3) is 0 Å². The van der Waals surface area contributed by atoms with E-state index in [1.54, 1.807) is 0 Å². The summed E-state index contributed by atoms with van der Waals surface area (Å²) in [5.74, 6) is -0.0812. The average Bonchev–Trinajstić information content (AvgIpc) is 2.89. The van der Waals surface area contributed by atoms with Gasteiger partial charge >= 0.3 is 0 Å². The minimum atomic E-state index is -0.0812. The van der Waals surface area contributed by atoms with Gasteiger partial charge in [-0.2, -0.15) is 0 Å². The van der Waals surface area contributed by atoms with E-state index >= 15 is 0 Å². The van der Waals surface area contributed by atoms with Gasteiger partial charge in [0, 0.05) is 44.3 Å². The zero-order chi connectivity index (χ0) is 23.6. The first kappa shape index (κ1) is 24.4. The van der Waals surface area contributed by atoms with Gasteiger partial charge in [0.15, 0.2) is 0 Å². The number of hydrogen-bond acceptors (Lipinski definition) is 4. The molecule has 1 heterocycles. The fraction of sp³-hybridized carbons (Fsp3) is 0.321. The number of ether oxygens (including phenoxy) is 1. The molecule has 3 aromatic rings. The van der Waals surface area contributed by atoms with Crippen LogP contribution in [0.3, 0.4) is 0 Å². The predicted molar refractivity (Wildman–Crippen MR) is 137 cm³/mol. The standard InChI is InChI=1S/C28H32ClN3O2/c29-26-13-11-25(12-14-26)28(24-9-5-2-6-10-24)32-17-15-31(16-18-32)19-20-34-22-27(33)30-21-23-7-3-1-4-8-23/h1-14,28H,15-22H2,(H,30,33)/t28-/m1/s1. The van der Waals surface area contributed by atoms with Crippen LogP contribution in [-0.2, 0) is 16.1 Å². The van der Waals surface area contributed by atoms with E-state index in [0.717, 1.165) is 43.3 Å². The van der Waals surface area contributed by atoms with Crippen molar-refractivity contribution >= 4 is 17.5 Å². The molecule has 0 bridgehead atoms. The normalized spacial score (nSPS) is 15.7. The van der Waals surface area contributed by atoms with Gasteiger partial charge in [0.1, 0.15) is 6.61 Å². The van der Waals surface area contributed by atoms with Crippen LogP contribution in [0.5, 0.6) is 0 Å². The van der Waals surface area contributed by atoms with E-state index in [4.69, 9.17) is 16.3 Å². The van der Waals surface area contributed by atoms with E-state index in [1.807, 2.05) is 42.5 Å². The van der Waals surface area contributed by atoms with Crippen LogP contribution in [0, 0.1) is 0 Å². The minimum absolute atomic E-state index is 0.0812. The van der Waals surface area contributed by atoms with Gasteiger partial charge in [0.05, 0.1) is 12.6 Å². The summed E-state index contributed by atoms with van der Waals surface area (Å²) < 4.78 is 5.63. The SMILES string of the molecule is O=C(COCCN1CCN([C@H](c2ccccc2)c2ccc(Cl)cc2)CC1)NCc1ccccc1. The van der Waals surface area contributed by atoms with Crippen LogP contribution in [0.4, 0.5) is 0 Å². The largest absolute Gasteiger partial charge is 0.370 e. The summed E-state index contributed by atoms with van der Waals surface area (Å²) >= 11 is 6.14. The van der Waals surface area contributed by atoms with Gasteiger partial charge in [-0.05, 0) is 28.8 Å². The smallest absolute Gasteiger partial charge is 0.246 e. The first-order valence-electron chi connectivity index (χ1n) is 11.8. The summed E-state index contributed by atoms with van der Waals surface area (Å²) in [6.45, 7) is 5.90. The quantitative estimate of drug-likeness (QED) is 0.440. The van der Waals surface area contributed by atoms with Crippen molar-refractivity contribution in [2.75, 3.05) is 45.9 Å². The van der Waals surface area contributed by atoms with Gasteiger partial charge in [-0.15, -0.1) is 0 Å². The van der Waals surface area contributed by atoms with Crippen LogP contribution in [0.25, 0.3) is 0 Å². The van der Waals surface area contributed by atoms with E-state index in [9.17, 15) is 4.79 Å². The molecule has 0 spiro atoms. The fourth-order valence-electron chi connectivity index (χ4n) is 4.35. The highest BCUT2D eigenvalue weighted by atomic mass is 35.5. The zero-order valence-electron chi connectivity index (χ0n) is 19.4. The topological polar surface area (TPSA) is 44.8 Å². The molecule has 1 atom stereocenters. The summed E-state index contributed by atoms with van der Waals surface area (Å²) in [7, 11) is 0. The second-order valence-electron chi connectivity index (χ2n) is 8.56. The van der Waals surface area contributed by atoms with Crippen LogP contribution in [-0.4, -0.2) is 61.6 Å². The number of rotatable bonds is 10. The maximum atomic E-state index is 12.0. The second kappa shape index (κ2) is 12.7. The first-order chi connectivity index (χ1) is 16.7. The Morgan fingerprint density at radius 1 is 0.853 bits per heavy atom. The fourth-order valence-corrected chi connectivity index (χ4v) is 4.47. The lowest BCUT2D eigenvalue weighted by Gasteiger charge is -2.39. The molecule has 34 heavy (non-hydrogen) atoms. The van der Waals surface area contributed by atoms with Gasteiger partial charge in [-0.1, -0.05) is 84.4 Å². The van der Waals surface area contributed by atoms with E-state index in [2.05, 4.69) is 57.6 Å². The van der Waals surface area contributed by atoms with E-state index in [-0.39, 0.29) is 18.6 Å². The lowest BCUT2D eigenvalue weighted by molar-refractivity contribution is -0.126. The molecule has 6 heteroatoms. The molecule has 0 unspecified atom stereocenters. The van der Waals surface area contributed by atoms with Crippen LogP contribution in [0.1, 0.15) is 22.7 Å². The van der Waals surface area contributed by atoms with Crippen molar-refractivity contribution in [3.63, 3.8) is 0 Å². The third-order valence-corrected chi connectivity index (χ3v) is 6.44. The molecule has 178 valence electrons. The molecule has 1 amide bonds. The molecule has 0 aliphatic carbocycles. The third kappa shape index (κ3) is 7.15. The molecule has 1 aliphatic rings. The Hall–Kier alpha value is -2.70. The lowest BCUT2D eigenvalue weighted by atomic mass is 9.96. The highest BCUT2D eigenvalue weighted by molar-refractivity contribution is 6.30. The average molecular weight is 478 g/mol. The molecular weight excluding hydrogens is 446 g/mol. The molecule has 1 aliphatic heterocycles. The molecule has 1 saturated heterocycles. The number of amides is 1. The minimum Gasteiger partial charge on any atom is -0.370 e. The summed E-state index contributed by atoms with van der Waals surface area (Å²) in [5, 5.41) is 3.66. The summed E-state index contributed by atoms with van der Waals surface area (Å²) in [5.41, 5.74) is 3.64. The number of carbonyl (C=O) groups excluding carboxylic acids is 1. The summed E-state index contributed by atoms with van der Waals surface area (Å²) in [6.07, 6.45) is 0. The second-order valence-corrected chi connectivity index (χ2v) is 8.99. The van der Waals surface area contributed by atoms with Gasteiger partial charge in [-0.25, -0.2) is 0 Å². The Morgan fingerprint density at radius 2 is 1.47 bits per heavy atom. The van der Waals surface area contributed by atoms with Gasteiger partial charge < -0.3 is 10.1 Å². The maximum absolute atomic E-state index is 12.0. The molecule has 0 radical (unpaired) electrons. The van der Waals surface area contributed by atoms with E-state index in [1.165, 1.54) is 11.1 Å². The van der Waals surface area contributed by atoms with Crippen molar-refractivity contribution < 1.29 is 9.53 Å². The van der Waals surface area contributed by atoms with Crippen molar-refractivity contribution in [1.29, 1.82) is 0 Å². The van der Waals surface area contributed by atoms with Crippen molar-refractivity contribution in [3.8, 4) is 0 Å². The van der Waals surface area contributed by atoms with Crippen molar-refractivity contribution in [2.24, 2.45) is 0 Å². The van der Waals surface area contributed by atoms with Crippen molar-refractivity contribution in [3.05, 3.63) is 107 Å². The summed E-state index contributed by atoms with van der Waals surface area (Å²) in [4.78, 5) is 17.0. The van der Waals surface area contributed by atoms with E-state index < -0.39 is 0 Å². The number of carbonyl (C=O) groups is 1. The molecular formula is C28H32ClN3O2. The van der Waals surface area contributed by atoms with Crippen LogP contribution < -0.4 is 5.32 Å². The highest BCUT2D eigenvalue weighted by Crippen LogP contribution is 2.30. The Kier molecular flexibility index (Phi) is 9.11. The molecule has 1 fully saturated rings. The number of halogens is 1. The van der Waals surface area contributed by atoms with Gasteiger partial charge in [-0.3, -0.25) is 14.6 Å². The molecule has 5 nitrogen and oxygen atoms in total. The highest BCUT2D eigenvalue weighted by Gasteiger charge is 2.26. The molecule has 0 saturated carbocycles. The van der Waals surface area contributed by atoms with Crippen LogP contribution in [0.2, 0.25) is 5.02 Å². The third-order valence-electron chi connectivity index (χ3n) is 6.19. The first-order valence-corrected chi connectivity index (χ1v) is 12.2. The van der Waals surface area contributed by atoms with Crippen LogP contribution >= 0.6 is 11.6 Å². The maximum Gasteiger partial charge on any atom is 0.246 e. The number of piperazine rings is 1. The molecule has 0 aromatic heterocycles. The zero-order valence-corrected chi connectivity index (χ0v) is 20.2. The Labute approximate surface area is 207 Å². The summed E-state index contributed by atoms with van der Waals surface area (Å²) in [6, 6.07) is 28.9. The monoisotopic (exact) mass is 477 g/mol. The van der Waals surface area contributed by atoms with Crippen molar-refractivity contribution in [2.45, 2.75) is 12.6 Å². The number of nitrogens with zero attached hydrogens (tertiary/aromatic N) is 2. The Balaban J connectivity index is 1.21. The molecule has 1 N–H and O–H groups in total. The Morgan fingerprint density at radius 3 is 2.15 bits per heavy atom. The predicted octanol–water partition coefficient (Wildman–Crippen LogP) is 4.38. The lowest BCUT2D eigenvalue weighted by Crippen LogP contribution is -2.48. The molecule has 3 aromatic carbocycles. The van der Waals surface area contributed by atoms with Crippen LogP contribution in [0.15, 0.2) is 84.9 Å². The molecule has 4 rings (SSSR count). The van der Waals surface area contributed by atoms with Crippen molar-refractivity contribution in [1.82, 2.24) is 15.1 Å². The number of nitrogens with one attached hydrogen (secondary N) is 1. The number of hydrogen-bond donors (Lipinski definition) is 1. The number of benzene rings is 3. The van der Waals surface area contributed by atoms with E-state index in [0.29, 0.717) is 13.2 Å². The Bertz CT molecular complexity index is 1010. The van der Waals surface area contributed by atoms with Gasteiger partial charge in [0.2, 0.25) is 5.91 Å².